The van der Waals surface area contributed by atoms with Crippen LogP contribution in [-0.4, -0.2) is 27.0 Å². The highest BCUT2D eigenvalue weighted by atomic mass is 19.4. The van der Waals surface area contributed by atoms with Crippen molar-refractivity contribution in [3.05, 3.63) is 47.3 Å². The maximum absolute atomic E-state index is 13.8. The standard InChI is InChI=1S/C22H19F6N3O4/c1-10(2)5-17-30-15-4-3-12(8-16(15)31-17)35-20-13(21(23,24)25)6-11(7-14(20)22(26,27)28)29-18(32)9-19(33)34/h3-4,6-8,10H,5,9H2,1-2H3,(H,29,32)(H,30,31)(H,33,34). The minimum Gasteiger partial charge on any atom is -0.481 e. The fourth-order valence-corrected chi connectivity index (χ4v) is 3.28. The number of hydrogen-bond donors (Lipinski definition) is 3. The van der Waals surface area contributed by atoms with Gasteiger partial charge >= 0.3 is 18.3 Å². The number of imidazole rings is 1. The second-order valence-corrected chi connectivity index (χ2v) is 8.08. The molecular weight excluding hydrogens is 484 g/mol. The van der Waals surface area contributed by atoms with Crippen LogP contribution in [0, 0.1) is 5.92 Å². The molecule has 188 valence electrons. The molecule has 0 bridgehead atoms. The Morgan fingerprint density at radius 2 is 1.66 bits per heavy atom. The average Bonchev–Trinajstić information content (AvgIpc) is 3.07. The summed E-state index contributed by atoms with van der Waals surface area (Å²) in [5.41, 5.74) is -3.67. The molecule has 13 heteroatoms. The van der Waals surface area contributed by atoms with Gasteiger partial charge < -0.3 is 20.1 Å². The maximum Gasteiger partial charge on any atom is 0.420 e. The quantitative estimate of drug-likeness (QED) is 0.271. The van der Waals surface area contributed by atoms with Gasteiger partial charge in [0.2, 0.25) is 5.91 Å². The Morgan fingerprint density at radius 1 is 1.06 bits per heavy atom. The van der Waals surface area contributed by atoms with Gasteiger partial charge in [-0.1, -0.05) is 13.8 Å². The lowest BCUT2D eigenvalue weighted by atomic mass is 10.1. The average molecular weight is 503 g/mol. The molecule has 0 radical (unpaired) electrons. The molecule has 0 fully saturated rings. The molecule has 0 aliphatic heterocycles. The first-order valence-electron chi connectivity index (χ1n) is 10.1. The second-order valence-electron chi connectivity index (χ2n) is 8.08. The summed E-state index contributed by atoms with van der Waals surface area (Å²) >= 11 is 0. The second kappa shape index (κ2) is 9.47. The van der Waals surface area contributed by atoms with Crippen molar-refractivity contribution in [2.24, 2.45) is 5.92 Å². The number of hydrogen-bond acceptors (Lipinski definition) is 4. The number of H-pyrrole nitrogens is 1. The molecule has 35 heavy (non-hydrogen) atoms. The first-order chi connectivity index (χ1) is 16.1. The van der Waals surface area contributed by atoms with Gasteiger partial charge in [0, 0.05) is 18.2 Å². The van der Waals surface area contributed by atoms with E-state index >= 15 is 0 Å². The van der Waals surface area contributed by atoms with Gasteiger partial charge in [-0.15, -0.1) is 0 Å². The number of carboxylic acids is 1. The zero-order valence-electron chi connectivity index (χ0n) is 18.3. The van der Waals surface area contributed by atoms with Crippen LogP contribution in [0.2, 0.25) is 0 Å². The Labute approximate surface area is 194 Å². The summed E-state index contributed by atoms with van der Waals surface area (Å²) < 4.78 is 87.6. The van der Waals surface area contributed by atoms with Crippen LogP contribution in [0.5, 0.6) is 11.5 Å². The van der Waals surface area contributed by atoms with E-state index in [4.69, 9.17) is 9.84 Å². The highest BCUT2D eigenvalue weighted by Gasteiger charge is 2.43. The number of carbonyl (C=O) groups is 2. The molecule has 3 aromatic rings. The van der Waals surface area contributed by atoms with Gasteiger partial charge in [-0.05, 0) is 30.2 Å². The van der Waals surface area contributed by atoms with E-state index in [1.807, 2.05) is 13.8 Å². The number of aromatic nitrogens is 2. The zero-order chi connectivity index (χ0) is 26.1. The molecule has 1 heterocycles. The summed E-state index contributed by atoms with van der Waals surface area (Å²) in [7, 11) is 0. The molecule has 1 aromatic heterocycles. The van der Waals surface area contributed by atoms with E-state index < -0.39 is 53.2 Å². The van der Waals surface area contributed by atoms with Gasteiger partial charge in [0.25, 0.3) is 0 Å². The fourth-order valence-electron chi connectivity index (χ4n) is 3.28. The summed E-state index contributed by atoms with van der Waals surface area (Å²) in [5.74, 6) is -3.88. The topological polar surface area (TPSA) is 104 Å². The van der Waals surface area contributed by atoms with Gasteiger partial charge in [0.15, 0.2) is 5.75 Å². The van der Waals surface area contributed by atoms with E-state index in [2.05, 4.69) is 9.97 Å². The Morgan fingerprint density at radius 3 is 2.17 bits per heavy atom. The largest absolute Gasteiger partial charge is 0.481 e. The first kappa shape index (κ1) is 25.8. The highest BCUT2D eigenvalue weighted by molar-refractivity contribution is 6.01. The number of aromatic amines is 1. The number of benzene rings is 2. The number of carboxylic acid groups (broad SMARTS) is 1. The van der Waals surface area contributed by atoms with Gasteiger partial charge in [0.1, 0.15) is 29.1 Å². The van der Waals surface area contributed by atoms with Crippen molar-refractivity contribution < 1.29 is 45.8 Å². The lowest BCUT2D eigenvalue weighted by molar-refractivity contribution is -0.145. The molecule has 0 aliphatic carbocycles. The molecule has 0 unspecified atom stereocenters. The third-order valence-electron chi connectivity index (χ3n) is 4.62. The smallest absolute Gasteiger partial charge is 0.420 e. The van der Waals surface area contributed by atoms with Gasteiger partial charge in [0.05, 0.1) is 11.0 Å². The summed E-state index contributed by atoms with van der Waals surface area (Å²) in [4.78, 5) is 29.5. The molecule has 0 aliphatic rings. The summed E-state index contributed by atoms with van der Waals surface area (Å²) in [6, 6.07) is 4.31. The molecule has 0 saturated heterocycles. The number of nitrogens with zero attached hydrogens (tertiary/aromatic N) is 1. The van der Waals surface area contributed by atoms with E-state index in [1.54, 1.807) is 5.32 Å². The number of ether oxygens (including phenoxy) is 1. The van der Waals surface area contributed by atoms with Crippen LogP contribution in [-0.2, 0) is 28.4 Å². The molecule has 3 N–H and O–H groups in total. The number of fused-ring (bicyclic) bond motifs is 1. The predicted octanol–water partition coefficient (Wildman–Crippen LogP) is 6.00. The number of amides is 1. The third kappa shape index (κ3) is 6.43. The van der Waals surface area contributed by atoms with Crippen LogP contribution in [0.25, 0.3) is 11.0 Å². The van der Waals surface area contributed by atoms with E-state index in [0.717, 1.165) is 0 Å². The monoisotopic (exact) mass is 503 g/mol. The summed E-state index contributed by atoms with van der Waals surface area (Å²) in [6.07, 6.45) is -11.2. The Kier molecular flexibility index (Phi) is 6.99. The maximum atomic E-state index is 13.8. The van der Waals surface area contributed by atoms with Gasteiger partial charge in [-0.2, -0.15) is 26.3 Å². The molecule has 1 amide bonds. The fraction of sp³-hybridized carbons (Fsp3) is 0.318. The normalized spacial score (nSPS) is 12.3. The highest BCUT2D eigenvalue weighted by Crippen LogP contribution is 2.47. The number of nitrogens with one attached hydrogen (secondary N) is 2. The van der Waals surface area contributed by atoms with Crippen molar-refractivity contribution in [2.75, 3.05) is 5.32 Å². The number of carbonyl (C=O) groups excluding carboxylic acids is 1. The van der Waals surface area contributed by atoms with Crippen LogP contribution in [0.15, 0.2) is 30.3 Å². The van der Waals surface area contributed by atoms with Crippen molar-refractivity contribution in [1.82, 2.24) is 9.97 Å². The molecule has 0 atom stereocenters. The zero-order valence-corrected chi connectivity index (χ0v) is 18.3. The van der Waals surface area contributed by atoms with E-state index in [1.165, 1.54) is 18.2 Å². The van der Waals surface area contributed by atoms with E-state index in [-0.39, 0.29) is 23.8 Å². The number of aliphatic carboxylic acids is 1. The van der Waals surface area contributed by atoms with Gasteiger partial charge in [-0.25, -0.2) is 4.98 Å². The number of halogens is 6. The minimum atomic E-state index is -5.30. The molecule has 0 saturated carbocycles. The Hall–Kier alpha value is -3.77. The van der Waals surface area contributed by atoms with Crippen molar-refractivity contribution in [1.29, 1.82) is 0 Å². The number of rotatable bonds is 7. The number of alkyl halides is 6. The molecule has 0 spiro atoms. The van der Waals surface area contributed by atoms with Crippen molar-refractivity contribution >= 4 is 28.6 Å². The van der Waals surface area contributed by atoms with Crippen molar-refractivity contribution in [2.45, 2.75) is 39.0 Å². The minimum absolute atomic E-state index is 0.250. The molecular formula is C22H19F6N3O4. The van der Waals surface area contributed by atoms with Crippen LogP contribution in [0.1, 0.15) is 37.2 Å². The van der Waals surface area contributed by atoms with E-state index in [9.17, 15) is 35.9 Å². The lowest BCUT2D eigenvalue weighted by Gasteiger charge is -2.20. The molecule has 2 aromatic carbocycles. The SMILES string of the molecule is CC(C)Cc1nc2ccc(Oc3c(C(F)(F)F)cc(NC(=O)CC(=O)O)cc3C(F)(F)F)cc2[nH]1. The third-order valence-corrected chi connectivity index (χ3v) is 4.62. The first-order valence-corrected chi connectivity index (χ1v) is 10.1. The molecule has 7 nitrogen and oxygen atoms in total. The summed E-state index contributed by atoms with van der Waals surface area (Å²) in [5, 5.41) is 10.4. The van der Waals surface area contributed by atoms with Crippen molar-refractivity contribution in [3.8, 4) is 11.5 Å². The van der Waals surface area contributed by atoms with Gasteiger partial charge in [-0.3, -0.25) is 9.59 Å². The summed E-state index contributed by atoms with van der Waals surface area (Å²) in [6.45, 7) is 3.90. The van der Waals surface area contributed by atoms with Crippen molar-refractivity contribution in [3.63, 3.8) is 0 Å². The Balaban J connectivity index is 2.08. The number of anilines is 1. The van der Waals surface area contributed by atoms with Crippen LogP contribution >= 0.6 is 0 Å². The van der Waals surface area contributed by atoms with Crippen LogP contribution < -0.4 is 10.1 Å². The van der Waals surface area contributed by atoms with Crippen LogP contribution in [0.3, 0.4) is 0 Å². The lowest BCUT2D eigenvalue weighted by Crippen LogP contribution is -2.19. The Bertz CT molecular complexity index is 1230. The predicted molar refractivity (Wildman–Crippen MR) is 112 cm³/mol. The van der Waals surface area contributed by atoms with E-state index in [0.29, 0.717) is 23.3 Å². The van der Waals surface area contributed by atoms with Crippen LogP contribution in [0.4, 0.5) is 32.0 Å². The molecule has 3 rings (SSSR count).